The van der Waals surface area contributed by atoms with Gasteiger partial charge in [0.05, 0.1) is 25.5 Å². The van der Waals surface area contributed by atoms with Crippen molar-refractivity contribution in [3.8, 4) is 0 Å². The zero-order valence-electron chi connectivity index (χ0n) is 14.6. The summed E-state index contributed by atoms with van der Waals surface area (Å²) in [4.78, 5) is 21.0. The number of carbonyl (C=O) groups excluding carboxylic acids is 1. The van der Waals surface area contributed by atoms with Crippen molar-refractivity contribution in [1.29, 1.82) is 0 Å². The van der Waals surface area contributed by atoms with Crippen LogP contribution in [0, 0.1) is 6.92 Å². The molecule has 3 rings (SSSR count). The molecule has 0 radical (unpaired) electrons. The van der Waals surface area contributed by atoms with Crippen LogP contribution < -0.4 is 0 Å². The molecule has 1 amide bonds. The molecule has 1 atom stereocenters. The standard InChI is InChI=1S/C17H27N3O4/c1-3-14-18-13(2)15(24-14)16(21)20-8-9-23-12-17(22,11-20)10-19-6-4-5-7-19/h22H,3-12H2,1-2H3/t17-/m1/s1. The van der Waals surface area contributed by atoms with Crippen molar-refractivity contribution in [2.24, 2.45) is 0 Å². The molecule has 1 aromatic heterocycles. The van der Waals surface area contributed by atoms with E-state index in [1.165, 1.54) is 0 Å². The van der Waals surface area contributed by atoms with E-state index in [-0.39, 0.29) is 24.8 Å². The molecule has 2 fully saturated rings. The summed E-state index contributed by atoms with van der Waals surface area (Å²) in [7, 11) is 0. The number of hydrogen-bond donors (Lipinski definition) is 1. The second-order valence-electron chi connectivity index (χ2n) is 6.86. The van der Waals surface area contributed by atoms with Gasteiger partial charge in [0.15, 0.2) is 5.89 Å². The van der Waals surface area contributed by atoms with Crippen LogP contribution in [-0.2, 0) is 11.2 Å². The third-order valence-corrected chi connectivity index (χ3v) is 4.70. The minimum absolute atomic E-state index is 0.218. The Bertz CT molecular complexity index is 582. The Hall–Kier alpha value is -1.44. The third-order valence-electron chi connectivity index (χ3n) is 4.70. The predicted molar refractivity (Wildman–Crippen MR) is 88.0 cm³/mol. The molecule has 134 valence electrons. The number of aromatic nitrogens is 1. The zero-order chi connectivity index (χ0) is 17.2. The quantitative estimate of drug-likeness (QED) is 0.877. The van der Waals surface area contributed by atoms with Gasteiger partial charge in [0, 0.05) is 19.5 Å². The molecule has 7 heteroatoms. The van der Waals surface area contributed by atoms with Gasteiger partial charge < -0.3 is 24.1 Å². The Morgan fingerprint density at radius 2 is 2.08 bits per heavy atom. The molecule has 1 N–H and O–H groups in total. The number of aliphatic hydroxyl groups is 1. The lowest BCUT2D eigenvalue weighted by atomic mass is 10.0. The van der Waals surface area contributed by atoms with Gasteiger partial charge in [0.2, 0.25) is 5.76 Å². The summed E-state index contributed by atoms with van der Waals surface area (Å²) >= 11 is 0. The maximum absolute atomic E-state index is 12.8. The summed E-state index contributed by atoms with van der Waals surface area (Å²) in [5.74, 6) is 0.622. The van der Waals surface area contributed by atoms with Crippen molar-refractivity contribution in [2.45, 2.75) is 38.7 Å². The molecule has 2 saturated heterocycles. The molecule has 0 saturated carbocycles. The topological polar surface area (TPSA) is 79.0 Å². The number of aryl methyl sites for hydroxylation is 2. The molecule has 2 aliphatic heterocycles. The van der Waals surface area contributed by atoms with E-state index in [2.05, 4.69) is 9.88 Å². The number of rotatable bonds is 4. The third kappa shape index (κ3) is 3.79. The van der Waals surface area contributed by atoms with Crippen LogP contribution in [0.15, 0.2) is 4.42 Å². The number of oxazole rings is 1. The van der Waals surface area contributed by atoms with Gasteiger partial charge in [-0.05, 0) is 32.9 Å². The maximum Gasteiger partial charge on any atom is 0.291 e. The van der Waals surface area contributed by atoms with Crippen LogP contribution in [0.3, 0.4) is 0 Å². The molecule has 0 unspecified atom stereocenters. The summed E-state index contributed by atoms with van der Waals surface area (Å²) in [6.45, 7) is 7.62. The normalized spacial score (nSPS) is 25.9. The van der Waals surface area contributed by atoms with Gasteiger partial charge in [-0.1, -0.05) is 6.92 Å². The van der Waals surface area contributed by atoms with Gasteiger partial charge in [-0.2, -0.15) is 0 Å². The van der Waals surface area contributed by atoms with Crippen molar-refractivity contribution >= 4 is 5.91 Å². The second-order valence-corrected chi connectivity index (χ2v) is 6.86. The first kappa shape index (κ1) is 17.4. The average Bonchev–Trinajstić information content (AvgIpc) is 3.14. The van der Waals surface area contributed by atoms with Crippen LogP contribution in [0.2, 0.25) is 0 Å². The summed E-state index contributed by atoms with van der Waals surface area (Å²) in [6.07, 6.45) is 2.98. The molecule has 2 aliphatic rings. The van der Waals surface area contributed by atoms with Gasteiger partial charge >= 0.3 is 0 Å². The molecule has 0 spiro atoms. The van der Waals surface area contributed by atoms with Crippen molar-refractivity contribution in [2.75, 3.05) is 45.9 Å². The Labute approximate surface area is 142 Å². The highest BCUT2D eigenvalue weighted by Crippen LogP contribution is 2.20. The predicted octanol–water partition coefficient (Wildman–Crippen LogP) is 0.845. The highest BCUT2D eigenvalue weighted by atomic mass is 16.5. The number of ether oxygens (including phenoxy) is 1. The molecular weight excluding hydrogens is 310 g/mol. The van der Waals surface area contributed by atoms with Gasteiger partial charge in [-0.15, -0.1) is 0 Å². The number of carbonyl (C=O) groups is 1. The monoisotopic (exact) mass is 337 g/mol. The van der Waals surface area contributed by atoms with Crippen molar-refractivity contribution < 1.29 is 19.1 Å². The van der Waals surface area contributed by atoms with Crippen LogP contribution in [0.5, 0.6) is 0 Å². The molecule has 0 bridgehead atoms. The van der Waals surface area contributed by atoms with Gasteiger partial charge in [-0.25, -0.2) is 4.98 Å². The zero-order valence-corrected chi connectivity index (χ0v) is 14.6. The number of nitrogens with zero attached hydrogens (tertiary/aromatic N) is 3. The van der Waals surface area contributed by atoms with Crippen molar-refractivity contribution in [3.05, 3.63) is 17.3 Å². The van der Waals surface area contributed by atoms with E-state index >= 15 is 0 Å². The summed E-state index contributed by atoms with van der Waals surface area (Å²) < 4.78 is 11.2. The smallest absolute Gasteiger partial charge is 0.291 e. The summed E-state index contributed by atoms with van der Waals surface area (Å²) in [5.41, 5.74) is -0.442. The lowest BCUT2D eigenvalue weighted by Crippen LogP contribution is -2.53. The SMILES string of the molecule is CCc1nc(C)c(C(=O)N2CCOC[C@@](O)(CN3CCCC3)C2)o1. The molecule has 1 aromatic rings. The van der Waals surface area contributed by atoms with E-state index in [1.807, 2.05) is 6.92 Å². The first-order valence-electron chi connectivity index (χ1n) is 8.79. The summed E-state index contributed by atoms with van der Waals surface area (Å²) in [5, 5.41) is 11.0. The van der Waals surface area contributed by atoms with Crippen molar-refractivity contribution in [3.63, 3.8) is 0 Å². The Balaban J connectivity index is 1.73. The van der Waals surface area contributed by atoms with Crippen LogP contribution in [0.4, 0.5) is 0 Å². The van der Waals surface area contributed by atoms with E-state index in [1.54, 1.807) is 11.8 Å². The maximum atomic E-state index is 12.8. The molecule has 0 aliphatic carbocycles. The first-order valence-corrected chi connectivity index (χ1v) is 8.79. The molecular formula is C17H27N3O4. The van der Waals surface area contributed by atoms with Gasteiger partial charge in [-0.3, -0.25) is 4.79 Å². The molecule has 24 heavy (non-hydrogen) atoms. The number of likely N-dealkylation sites (tertiary alicyclic amines) is 1. The highest BCUT2D eigenvalue weighted by Gasteiger charge is 2.37. The Kier molecular flexibility index (Phi) is 5.22. The van der Waals surface area contributed by atoms with E-state index in [0.717, 1.165) is 25.9 Å². The first-order chi connectivity index (χ1) is 11.5. The fraction of sp³-hybridized carbons (Fsp3) is 0.765. The van der Waals surface area contributed by atoms with E-state index in [4.69, 9.17) is 9.15 Å². The van der Waals surface area contributed by atoms with Gasteiger partial charge in [0.25, 0.3) is 5.91 Å². The lowest BCUT2D eigenvalue weighted by molar-refractivity contribution is -0.0525. The largest absolute Gasteiger partial charge is 0.435 e. The summed E-state index contributed by atoms with van der Waals surface area (Å²) in [6, 6.07) is 0. The minimum Gasteiger partial charge on any atom is -0.435 e. The number of hydrogen-bond acceptors (Lipinski definition) is 6. The van der Waals surface area contributed by atoms with Crippen molar-refractivity contribution in [1.82, 2.24) is 14.8 Å². The number of β-amino-alcohol motifs (C(OH)–C–C–N with tert-alkyl or cyclic N) is 1. The fourth-order valence-electron chi connectivity index (χ4n) is 3.49. The molecule has 7 nitrogen and oxygen atoms in total. The van der Waals surface area contributed by atoms with Gasteiger partial charge in [0.1, 0.15) is 5.60 Å². The van der Waals surface area contributed by atoms with E-state index in [0.29, 0.717) is 37.7 Å². The van der Waals surface area contributed by atoms with Crippen LogP contribution in [0.25, 0.3) is 0 Å². The van der Waals surface area contributed by atoms with E-state index < -0.39 is 5.60 Å². The fourth-order valence-corrected chi connectivity index (χ4v) is 3.49. The number of amides is 1. The average molecular weight is 337 g/mol. The van der Waals surface area contributed by atoms with Crippen LogP contribution in [-0.4, -0.2) is 77.3 Å². The van der Waals surface area contributed by atoms with E-state index in [9.17, 15) is 9.90 Å². The van der Waals surface area contributed by atoms with Crippen LogP contribution >= 0.6 is 0 Å². The Morgan fingerprint density at radius 1 is 1.33 bits per heavy atom. The Morgan fingerprint density at radius 3 is 2.75 bits per heavy atom. The lowest BCUT2D eigenvalue weighted by Gasteiger charge is -2.33. The molecule has 0 aromatic carbocycles. The minimum atomic E-state index is -1.04. The molecule has 3 heterocycles. The van der Waals surface area contributed by atoms with Crippen LogP contribution in [0.1, 0.15) is 41.9 Å². The second kappa shape index (κ2) is 7.21. The highest BCUT2D eigenvalue weighted by molar-refractivity contribution is 5.92.